The van der Waals surface area contributed by atoms with Crippen molar-refractivity contribution in [2.75, 3.05) is 0 Å². The Hall–Kier alpha value is -2.24. The van der Waals surface area contributed by atoms with E-state index in [0.29, 0.717) is 22.5 Å². The highest BCUT2D eigenvalue weighted by atomic mass is 19.3. The summed E-state index contributed by atoms with van der Waals surface area (Å²) >= 11 is 0. The van der Waals surface area contributed by atoms with Crippen molar-refractivity contribution in [3.05, 3.63) is 36.2 Å². The standard InChI is InChI=1S/C12H9F2N3O/c1-17-12-8(6-15-17)7(11(13)14)5-9(16-12)10-3-2-4-18-10/h2-6,11H,1H3. The number of pyridine rings is 1. The second-order valence-electron chi connectivity index (χ2n) is 3.88. The maximum atomic E-state index is 13.0. The van der Waals surface area contributed by atoms with Crippen LogP contribution in [-0.4, -0.2) is 14.8 Å². The molecule has 3 rings (SSSR count). The molecule has 0 aliphatic rings. The molecule has 0 unspecified atom stereocenters. The van der Waals surface area contributed by atoms with E-state index in [1.165, 1.54) is 23.2 Å². The highest BCUT2D eigenvalue weighted by Crippen LogP contribution is 2.30. The molecule has 0 atom stereocenters. The Bertz CT molecular complexity index is 689. The summed E-state index contributed by atoms with van der Waals surface area (Å²) in [4.78, 5) is 4.29. The first-order chi connectivity index (χ1) is 8.66. The third kappa shape index (κ3) is 1.57. The maximum Gasteiger partial charge on any atom is 0.264 e. The number of aryl methyl sites for hydroxylation is 1. The Kier molecular flexibility index (Phi) is 2.36. The second kappa shape index (κ2) is 3.90. The Morgan fingerprint density at radius 3 is 2.89 bits per heavy atom. The van der Waals surface area contributed by atoms with Crippen LogP contribution in [-0.2, 0) is 7.05 Å². The predicted molar refractivity (Wildman–Crippen MR) is 61.2 cm³/mol. The average Bonchev–Trinajstić information content (AvgIpc) is 2.98. The van der Waals surface area contributed by atoms with Crippen LogP contribution in [0.15, 0.2) is 35.1 Å². The Labute approximate surface area is 101 Å². The third-order valence-electron chi connectivity index (χ3n) is 2.75. The Balaban J connectivity index is 2.32. The lowest BCUT2D eigenvalue weighted by Gasteiger charge is -2.04. The minimum absolute atomic E-state index is 0.0838. The van der Waals surface area contributed by atoms with Gasteiger partial charge in [-0.1, -0.05) is 0 Å². The molecule has 18 heavy (non-hydrogen) atoms. The van der Waals surface area contributed by atoms with Crippen molar-refractivity contribution in [2.45, 2.75) is 6.43 Å². The van der Waals surface area contributed by atoms with Crippen molar-refractivity contribution in [1.82, 2.24) is 14.8 Å². The molecule has 0 spiro atoms. The Morgan fingerprint density at radius 1 is 1.39 bits per heavy atom. The van der Waals surface area contributed by atoms with Crippen LogP contribution in [0.2, 0.25) is 0 Å². The molecular weight excluding hydrogens is 240 g/mol. The fourth-order valence-electron chi connectivity index (χ4n) is 1.87. The first kappa shape index (κ1) is 10.9. The van der Waals surface area contributed by atoms with Crippen molar-refractivity contribution in [1.29, 1.82) is 0 Å². The van der Waals surface area contributed by atoms with E-state index in [1.54, 1.807) is 19.2 Å². The molecule has 3 aromatic heterocycles. The molecule has 0 fully saturated rings. The summed E-state index contributed by atoms with van der Waals surface area (Å²) in [6.07, 6.45) is 0.302. The van der Waals surface area contributed by atoms with Crippen LogP contribution in [0.4, 0.5) is 8.78 Å². The SMILES string of the molecule is Cn1ncc2c(C(F)F)cc(-c3ccco3)nc21. The van der Waals surface area contributed by atoms with Crippen LogP contribution >= 0.6 is 0 Å². The van der Waals surface area contributed by atoms with Gasteiger partial charge in [-0.25, -0.2) is 13.8 Å². The number of halogens is 2. The van der Waals surface area contributed by atoms with Crippen molar-refractivity contribution in [2.24, 2.45) is 7.05 Å². The zero-order chi connectivity index (χ0) is 12.7. The molecule has 0 saturated carbocycles. The van der Waals surface area contributed by atoms with E-state index in [0.717, 1.165) is 0 Å². The molecular formula is C12H9F2N3O. The molecule has 0 radical (unpaired) electrons. The highest BCUT2D eigenvalue weighted by Gasteiger charge is 2.18. The zero-order valence-electron chi connectivity index (χ0n) is 9.47. The predicted octanol–water partition coefficient (Wildman–Crippen LogP) is 3.17. The van der Waals surface area contributed by atoms with Crippen LogP contribution in [0.3, 0.4) is 0 Å². The fourth-order valence-corrected chi connectivity index (χ4v) is 1.87. The number of fused-ring (bicyclic) bond motifs is 1. The van der Waals surface area contributed by atoms with E-state index in [9.17, 15) is 8.78 Å². The van der Waals surface area contributed by atoms with Gasteiger partial charge in [0.1, 0.15) is 5.69 Å². The van der Waals surface area contributed by atoms with Crippen molar-refractivity contribution in [3.63, 3.8) is 0 Å². The van der Waals surface area contributed by atoms with Gasteiger partial charge in [-0.15, -0.1) is 0 Å². The zero-order valence-corrected chi connectivity index (χ0v) is 9.47. The average molecular weight is 249 g/mol. The first-order valence-electron chi connectivity index (χ1n) is 5.31. The van der Waals surface area contributed by atoms with Crippen molar-refractivity contribution < 1.29 is 13.2 Å². The smallest absolute Gasteiger partial charge is 0.264 e. The number of furan rings is 1. The molecule has 0 aromatic carbocycles. The van der Waals surface area contributed by atoms with E-state index in [1.807, 2.05) is 0 Å². The van der Waals surface area contributed by atoms with Gasteiger partial charge >= 0.3 is 0 Å². The summed E-state index contributed by atoms with van der Waals surface area (Å²) < 4.78 is 32.7. The Morgan fingerprint density at radius 2 is 2.22 bits per heavy atom. The molecule has 3 heterocycles. The summed E-state index contributed by atoms with van der Waals surface area (Å²) in [5, 5.41) is 4.32. The molecule has 92 valence electrons. The molecule has 6 heteroatoms. The van der Waals surface area contributed by atoms with Gasteiger partial charge in [-0.2, -0.15) is 5.10 Å². The van der Waals surface area contributed by atoms with Gasteiger partial charge in [0.15, 0.2) is 11.4 Å². The van der Waals surface area contributed by atoms with E-state index in [2.05, 4.69) is 10.1 Å². The number of nitrogens with zero attached hydrogens (tertiary/aromatic N) is 3. The topological polar surface area (TPSA) is 43.9 Å². The van der Waals surface area contributed by atoms with E-state index in [-0.39, 0.29) is 5.56 Å². The number of rotatable bonds is 2. The summed E-state index contributed by atoms with van der Waals surface area (Å²) in [5.74, 6) is 0.458. The molecule has 4 nitrogen and oxygen atoms in total. The molecule has 0 bridgehead atoms. The largest absolute Gasteiger partial charge is 0.463 e. The van der Waals surface area contributed by atoms with Gasteiger partial charge in [0, 0.05) is 18.0 Å². The highest BCUT2D eigenvalue weighted by molar-refractivity contribution is 5.81. The monoisotopic (exact) mass is 249 g/mol. The number of hydrogen-bond acceptors (Lipinski definition) is 3. The van der Waals surface area contributed by atoms with Crippen LogP contribution in [0.25, 0.3) is 22.5 Å². The van der Waals surface area contributed by atoms with E-state index in [4.69, 9.17) is 4.42 Å². The lowest BCUT2D eigenvalue weighted by Crippen LogP contribution is -1.96. The quantitative estimate of drug-likeness (QED) is 0.700. The van der Waals surface area contributed by atoms with Gasteiger partial charge in [0.25, 0.3) is 6.43 Å². The third-order valence-corrected chi connectivity index (χ3v) is 2.75. The lowest BCUT2D eigenvalue weighted by atomic mass is 10.1. The van der Waals surface area contributed by atoms with Gasteiger partial charge in [0.2, 0.25) is 0 Å². The van der Waals surface area contributed by atoms with E-state index >= 15 is 0 Å². The van der Waals surface area contributed by atoms with Crippen LogP contribution in [0.5, 0.6) is 0 Å². The fraction of sp³-hybridized carbons (Fsp3) is 0.167. The normalized spacial score (nSPS) is 11.6. The van der Waals surface area contributed by atoms with Crippen LogP contribution < -0.4 is 0 Å². The van der Waals surface area contributed by atoms with Gasteiger partial charge < -0.3 is 4.42 Å². The summed E-state index contributed by atoms with van der Waals surface area (Å²) in [6.45, 7) is 0. The molecule has 3 aromatic rings. The van der Waals surface area contributed by atoms with E-state index < -0.39 is 6.43 Å². The maximum absolute atomic E-state index is 13.0. The van der Waals surface area contributed by atoms with Crippen molar-refractivity contribution in [3.8, 4) is 11.5 Å². The number of hydrogen-bond donors (Lipinski definition) is 0. The van der Waals surface area contributed by atoms with Crippen LogP contribution in [0.1, 0.15) is 12.0 Å². The number of aromatic nitrogens is 3. The molecule has 0 saturated heterocycles. The molecule has 0 aliphatic carbocycles. The lowest BCUT2D eigenvalue weighted by molar-refractivity contribution is 0.153. The second-order valence-corrected chi connectivity index (χ2v) is 3.88. The minimum atomic E-state index is -2.58. The summed E-state index contributed by atoms with van der Waals surface area (Å²) in [7, 11) is 1.66. The van der Waals surface area contributed by atoms with Gasteiger partial charge in [-0.05, 0) is 18.2 Å². The molecule has 0 N–H and O–H groups in total. The van der Waals surface area contributed by atoms with Crippen molar-refractivity contribution >= 4 is 11.0 Å². The number of alkyl halides is 2. The minimum Gasteiger partial charge on any atom is -0.463 e. The van der Waals surface area contributed by atoms with Gasteiger partial charge in [-0.3, -0.25) is 4.68 Å². The van der Waals surface area contributed by atoms with Gasteiger partial charge in [0.05, 0.1) is 12.5 Å². The molecule has 0 aliphatic heterocycles. The summed E-state index contributed by atoms with van der Waals surface area (Å²) in [5.41, 5.74) is 0.713. The van der Waals surface area contributed by atoms with Crippen LogP contribution in [0, 0.1) is 0 Å². The summed E-state index contributed by atoms with van der Waals surface area (Å²) in [6, 6.07) is 4.71. The molecule has 0 amide bonds. The first-order valence-corrected chi connectivity index (χ1v) is 5.31.